The fourth-order valence-electron chi connectivity index (χ4n) is 1.35. The van der Waals surface area contributed by atoms with Gasteiger partial charge in [0.1, 0.15) is 0 Å². The van der Waals surface area contributed by atoms with Crippen molar-refractivity contribution >= 4 is 23.5 Å². The third kappa shape index (κ3) is 3.18. The molecule has 0 radical (unpaired) electrons. The Hall–Kier alpha value is -0.290. The molecule has 1 rings (SSSR count). The predicted molar refractivity (Wildman–Crippen MR) is 68.9 cm³/mol. The van der Waals surface area contributed by atoms with Crippen molar-refractivity contribution < 1.29 is 22.4 Å². The molecule has 0 amide bonds. The number of benzene rings is 1. The summed E-state index contributed by atoms with van der Waals surface area (Å²) in [5, 5.41) is 0. The first kappa shape index (κ1) is 15.8. The summed E-state index contributed by atoms with van der Waals surface area (Å²) in [6.45, 7) is 2.76. The van der Waals surface area contributed by atoms with E-state index in [-0.39, 0.29) is 13.2 Å². The van der Waals surface area contributed by atoms with Gasteiger partial charge in [-0.15, -0.1) is 0 Å². The van der Waals surface area contributed by atoms with Crippen LogP contribution in [0.5, 0.6) is 0 Å². The lowest BCUT2D eigenvalue weighted by molar-refractivity contribution is 0.0360. The summed E-state index contributed by atoms with van der Waals surface area (Å²) >= 11 is 3.15. The van der Waals surface area contributed by atoms with Gasteiger partial charge in [0, 0.05) is 10.0 Å². The summed E-state index contributed by atoms with van der Waals surface area (Å²) < 4.78 is 50.5. The summed E-state index contributed by atoms with van der Waals surface area (Å²) in [6.07, 6.45) is 0. The molecule has 0 heterocycles. The van der Waals surface area contributed by atoms with E-state index in [9.17, 15) is 13.3 Å². The highest BCUT2D eigenvalue weighted by atomic mass is 79.9. The van der Waals surface area contributed by atoms with E-state index < -0.39 is 18.8 Å². The largest absolute Gasteiger partial charge is 0.404 e. The van der Waals surface area contributed by atoms with Crippen molar-refractivity contribution in [1.82, 2.24) is 0 Å². The second kappa shape index (κ2) is 6.24. The smallest absolute Gasteiger partial charge is 0.304 e. The molecule has 0 spiro atoms. The highest BCUT2D eigenvalue weighted by Gasteiger charge is 2.54. The fourth-order valence-corrected chi connectivity index (χ4v) is 3.16. The van der Waals surface area contributed by atoms with E-state index in [1.165, 1.54) is 38.1 Å². The number of hydrogen-bond acceptors (Lipinski definition) is 3. The minimum Gasteiger partial charge on any atom is -0.304 e. The maximum absolute atomic E-state index is 14.2. The Kier molecular flexibility index (Phi) is 5.46. The molecule has 102 valence electrons. The molecule has 7 heteroatoms. The van der Waals surface area contributed by atoms with Crippen molar-refractivity contribution in [2.45, 2.75) is 19.5 Å². The molecule has 0 N–H and O–H groups in total. The number of rotatable bonds is 6. The lowest BCUT2D eigenvalue weighted by Gasteiger charge is -2.25. The summed E-state index contributed by atoms with van der Waals surface area (Å²) in [6, 6.07) is 5.28. The Labute approximate surface area is 113 Å². The van der Waals surface area contributed by atoms with E-state index in [4.69, 9.17) is 9.05 Å². The van der Waals surface area contributed by atoms with Gasteiger partial charge < -0.3 is 9.05 Å². The Balaban J connectivity index is 3.15. The third-order valence-corrected chi connectivity index (χ3v) is 4.80. The topological polar surface area (TPSA) is 35.5 Å². The van der Waals surface area contributed by atoms with Gasteiger partial charge in [0.15, 0.2) is 0 Å². The molecule has 0 aliphatic carbocycles. The molecule has 0 aromatic heterocycles. The molecule has 1 aromatic rings. The third-order valence-electron chi connectivity index (χ3n) is 2.13. The molecule has 3 nitrogen and oxygen atoms in total. The monoisotopic (exact) mass is 342 g/mol. The van der Waals surface area contributed by atoms with Crippen LogP contribution in [0, 0.1) is 0 Å². The molecular weight excluding hydrogens is 329 g/mol. The first-order chi connectivity index (χ1) is 8.37. The first-order valence-corrected chi connectivity index (χ1v) is 7.74. The van der Waals surface area contributed by atoms with Gasteiger partial charge in [0.2, 0.25) is 0 Å². The van der Waals surface area contributed by atoms with Gasteiger partial charge >= 0.3 is 13.3 Å². The Morgan fingerprint density at radius 2 is 1.61 bits per heavy atom. The van der Waals surface area contributed by atoms with Crippen molar-refractivity contribution in [3.63, 3.8) is 0 Å². The predicted octanol–water partition coefficient (Wildman–Crippen LogP) is 4.76. The van der Waals surface area contributed by atoms with Crippen molar-refractivity contribution in [3.05, 3.63) is 34.3 Å². The highest BCUT2D eigenvalue weighted by Crippen LogP contribution is 2.66. The van der Waals surface area contributed by atoms with Crippen molar-refractivity contribution in [1.29, 1.82) is 0 Å². The zero-order valence-corrected chi connectivity index (χ0v) is 12.5. The number of halogens is 3. The molecular formula is C11H14BrF2O3P. The Bertz CT molecular complexity index is 426. The maximum atomic E-state index is 14.2. The Morgan fingerprint density at radius 3 is 2.00 bits per heavy atom. The second-order valence-electron chi connectivity index (χ2n) is 3.38. The van der Waals surface area contributed by atoms with Gasteiger partial charge in [-0.3, -0.25) is 4.57 Å². The van der Waals surface area contributed by atoms with E-state index in [1.54, 1.807) is 0 Å². The standard InChI is InChI=1S/C11H14BrF2O3P/c1-3-16-18(15,17-4-2)11(13,14)9-5-7-10(12)8-6-9/h5-8H,3-4H2,1-2H3. The van der Waals surface area contributed by atoms with Crippen LogP contribution in [-0.4, -0.2) is 13.2 Å². The number of hydrogen-bond donors (Lipinski definition) is 0. The van der Waals surface area contributed by atoms with Crippen LogP contribution in [0.4, 0.5) is 8.78 Å². The van der Waals surface area contributed by atoms with Gasteiger partial charge in [-0.1, -0.05) is 28.1 Å². The quantitative estimate of drug-likeness (QED) is 0.699. The molecule has 18 heavy (non-hydrogen) atoms. The van der Waals surface area contributed by atoms with E-state index >= 15 is 0 Å². The van der Waals surface area contributed by atoms with Crippen LogP contribution >= 0.6 is 23.5 Å². The second-order valence-corrected chi connectivity index (χ2v) is 6.37. The van der Waals surface area contributed by atoms with E-state index in [0.29, 0.717) is 4.47 Å². The zero-order chi connectivity index (χ0) is 13.8. The molecule has 1 aromatic carbocycles. The molecule has 0 saturated carbocycles. The van der Waals surface area contributed by atoms with Crippen molar-refractivity contribution in [2.24, 2.45) is 0 Å². The summed E-state index contributed by atoms with van der Waals surface area (Å²) in [5.41, 5.74) is -4.06. The van der Waals surface area contributed by atoms with Crippen LogP contribution < -0.4 is 0 Å². The van der Waals surface area contributed by atoms with Crippen LogP contribution in [0.15, 0.2) is 28.7 Å². The van der Waals surface area contributed by atoms with Gasteiger partial charge in [-0.05, 0) is 26.0 Å². The normalized spacial score (nSPS) is 12.7. The molecule has 0 unspecified atom stereocenters. The minimum absolute atomic E-state index is 0.108. The minimum atomic E-state index is -4.51. The van der Waals surface area contributed by atoms with Crippen LogP contribution in [-0.2, 0) is 19.3 Å². The molecule has 0 aliphatic heterocycles. The first-order valence-electron chi connectivity index (χ1n) is 5.40. The maximum Gasteiger partial charge on any atom is 0.404 e. The van der Waals surface area contributed by atoms with E-state index in [2.05, 4.69) is 15.9 Å². The zero-order valence-electron chi connectivity index (χ0n) is 10.0. The fraction of sp³-hybridized carbons (Fsp3) is 0.455. The lowest BCUT2D eigenvalue weighted by Crippen LogP contribution is -2.18. The number of alkyl halides is 2. The molecule has 0 aliphatic rings. The van der Waals surface area contributed by atoms with Gasteiger partial charge in [-0.25, -0.2) is 0 Å². The molecule has 0 fully saturated rings. The van der Waals surface area contributed by atoms with E-state index in [1.807, 2.05) is 0 Å². The van der Waals surface area contributed by atoms with Gasteiger partial charge in [0.25, 0.3) is 0 Å². The molecule has 0 bridgehead atoms. The molecule has 0 atom stereocenters. The van der Waals surface area contributed by atoms with Crippen LogP contribution in [0.25, 0.3) is 0 Å². The van der Waals surface area contributed by atoms with Gasteiger partial charge in [-0.2, -0.15) is 8.78 Å². The van der Waals surface area contributed by atoms with Gasteiger partial charge in [0.05, 0.1) is 13.2 Å². The van der Waals surface area contributed by atoms with Crippen molar-refractivity contribution in [3.8, 4) is 0 Å². The van der Waals surface area contributed by atoms with Crippen LogP contribution in [0.2, 0.25) is 0 Å². The van der Waals surface area contributed by atoms with Crippen LogP contribution in [0.3, 0.4) is 0 Å². The SMILES string of the molecule is CCOP(=O)(OCC)C(F)(F)c1ccc(Br)cc1. The van der Waals surface area contributed by atoms with Crippen LogP contribution in [0.1, 0.15) is 19.4 Å². The summed E-state index contributed by atoms with van der Waals surface area (Å²) in [4.78, 5) is 0. The summed E-state index contributed by atoms with van der Waals surface area (Å²) in [5.74, 6) is 0. The average molecular weight is 343 g/mol. The van der Waals surface area contributed by atoms with E-state index in [0.717, 1.165) is 0 Å². The highest BCUT2D eigenvalue weighted by molar-refractivity contribution is 9.10. The summed E-state index contributed by atoms with van der Waals surface area (Å²) in [7, 11) is -4.51. The lowest BCUT2D eigenvalue weighted by atomic mass is 10.2. The Morgan fingerprint density at radius 1 is 1.17 bits per heavy atom. The average Bonchev–Trinajstić information content (AvgIpc) is 2.30. The van der Waals surface area contributed by atoms with Crippen molar-refractivity contribution in [2.75, 3.05) is 13.2 Å². The molecule has 0 saturated heterocycles.